The van der Waals surface area contributed by atoms with Gasteiger partial charge in [-0.15, -0.1) is 0 Å². The van der Waals surface area contributed by atoms with E-state index in [4.69, 9.17) is 10.00 Å². The van der Waals surface area contributed by atoms with E-state index in [1.807, 2.05) is 13.0 Å². The second-order valence-corrected chi connectivity index (χ2v) is 4.12. The minimum absolute atomic E-state index is 0.0920. The van der Waals surface area contributed by atoms with Crippen LogP contribution in [-0.4, -0.2) is 40.3 Å². The third kappa shape index (κ3) is 2.68. The van der Waals surface area contributed by atoms with Crippen LogP contribution in [0.4, 0.5) is 0 Å². The van der Waals surface area contributed by atoms with Gasteiger partial charge >= 0.3 is 0 Å². The number of carbonyl (C=O) groups excluding carboxylic acids is 1. The van der Waals surface area contributed by atoms with Gasteiger partial charge in [0, 0.05) is 13.2 Å². The molecule has 6 nitrogen and oxygen atoms in total. The van der Waals surface area contributed by atoms with Crippen molar-refractivity contribution < 1.29 is 9.53 Å². The predicted octanol–water partition coefficient (Wildman–Crippen LogP) is 0.524. The summed E-state index contributed by atoms with van der Waals surface area (Å²) in [5.41, 5.74) is 1.33. The molecule has 0 spiro atoms. The molecule has 1 aliphatic rings. The van der Waals surface area contributed by atoms with Crippen molar-refractivity contribution in [2.24, 2.45) is 0 Å². The van der Waals surface area contributed by atoms with Gasteiger partial charge in [-0.3, -0.25) is 9.48 Å². The monoisotopic (exact) mass is 248 g/mol. The molecule has 18 heavy (non-hydrogen) atoms. The Bertz CT molecular complexity index is 475. The number of amides is 1. The van der Waals surface area contributed by atoms with Gasteiger partial charge in [0.1, 0.15) is 6.07 Å². The molecule has 1 aromatic heterocycles. The molecule has 0 atom stereocenters. The standard InChI is InChI=1S/C12H16N4O2/c1-2-18-6-3-12(17)15-4-5-16-11(9-15)7-10(8-13)14-16/h7H,2-6,9H2,1H3. The summed E-state index contributed by atoms with van der Waals surface area (Å²) in [6, 6.07) is 3.75. The third-order valence-electron chi connectivity index (χ3n) is 2.93. The van der Waals surface area contributed by atoms with Gasteiger partial charge in [0.2, 0.25) is 5.91 Å². The summed E-state index contributed by atoms with van der Waals surface area (Å²) >= 11 is 0. The second kappa shape index (κ2) is 5.65. The number of nitrogens with zero attached hydrogens (tertiary/aromatic N) is 4. The van der Waals surface area contributed by atoms with Crippen LogP contribution in [0.1, 0.15) is 24.7 Å². The molecule has 0 unspecified atom stereocenters. The number of nitriles is 1. The van der Waals surface area contributed by atoms with Gasteiger partial charge in [-0.2, -0.15) is 10.4 Å². The number of rotatable bonds is 4. The van der Waals surface area contributed by atoms with Crippen molar-refractivity contribution in [3.05, 3.63) is 17.5 Å². The fourth-order valence-electron chi connectivity index (χ4n) is 2.00. The van der Waals surface area contributed by atoms with Crippen molar-refractivity contribution >= 4 is 5.91 Å². The molecule has 0 aliphatic carbocycles. The van der Waals surface area contributed by atoms with Gasteiger partial charge in [-0.05, 0) is 13.0 Å². The Morgan fingerprint density at radius 1 is 1.61 bits per heavy atom. The van der Waals surface area contributed by atoms with Crippen molar-refractivity contribution in [3.63, 3.8) is 0 Å². The fraction of sp³-hybridized carbons (Fsp3) is 0.583. The Kier molecular flexibility index (Phi) is 3.95. The molecule has 0 N–H and O–H groups in total. The summed E-state index contributed by atoms with van der Waals surface area (Å²) in [6.45, 7) is 4.83. The quantitative estimate of drug-likeness (QED) is 0.728. The minimum atomic E-state index is 0.0920. The molecule has 2 rings (SSSR count). The highest BCUT2D eigenvalue weighted by Gasteiger charge is 2.21. The normalized spacial score (nSPS) is 14.1. The van der Waals surface area contributed by atoms with Crippen molar-refractivity contribution in [1.82, 2.24) is 14.7 Å². The van der Waals surface area contributed by atoms with Crippen molar-refractivity contribution in [3.8, 4) is 6.07 Å². The Hall–Kier alpha value is -1.87. The number of ether oxygens (including phenoxy) is 1. The van der Waals surface area contributed by atoms with Gasteiger partial charge in [-0.25, -0.2) is 0 Å². The van der Waals surface area contributed by atoms with E-state index in [0.29, 0.717) is 45.0 Å². The molecule has 0 bridgehead atoms. The van der Waals surface area contributed by atoms with Gasteiger partial charge in [-0.1, -0.05) is 0 Å². The number of hydrogen-bond donors (Lipinski definition) is 0. The lowest BCUT2D eigenvalue weighted by Gasteiger charge is -2.27. The molecule has 0 aromatic carbocycles. The SMILES string of the molecule is CCOCCC(=O)N1CCn2nc(C#N)cc2C1. The van der Waals surface area contributed by atoms with Crippen molar-refractivity contribution in [2.45, 2.75) is 26.4 Å². The molecule has 6 heteroatoms. The molecule has 1 amide bonds. The maximum Gasteiger partial charge on any atom is 0.225 e. The lowest BCUT2D eigenvalue weighted by atomic mass is 10.2. The van der Waals surface area contributed by atoms with Crippen molar-refractivity contribution in [2.75, 3.05) is 19.8 Å². The van der Waals surface area contributed by atoms with Gasteiger partial charge in [0.25, 0.3) is 0 Å². The average molecular weight is 248 g/mol. The molecular weight excluding hydrogens is 232 g/mol. The maximum absolute atomic E-state index is 11.9. The first kappa shape index (κ1) is 12.6. The first-order chi connectivity index (χ1) is 8.74. The van der Waals surface area contributed by atoms with Crippen LogP contribution in [0.25, 0.3) is 0 Å². The molecule has 0 fully saturated rings. The fourth-order valence-corrected chi connectivity index (χ4v) is 2.00. The maximum atomic E-state index is 11.9. The summed E-state index contributed by atoms with van der Waals surface area (Å²) < 4.78 is 6.97. The summed E-state index contributed by atoms with van der Waals surface area (Å²) in [7, 11) is 0. The Balaban J connectivity index is 1.95. The van der Waals surface area contributed by atoms with Crippen LogP contribution < -0.4 is 0 Å². The van der Waals surface area contributed by atoms with E-state index in [2.05, 4.69) is 5.10 Å². The zero-order valence-corrected chi connectivity index (χ0v) is 10.4. The van der Waals surface area contributed by atoms with Gasteiger partial charge < -0.3 is 9.64 Å². The topological polar surface area (TPSA) is 71.2 Å². The zero-order valence-electron chi connectivity index (χ0n) is 10.4. The van der Waals surface area contributed by atoms with Crippen LogP contribution in [0.2, 0.25) is 0 Å². The van der Waals surface area contributed by atoms with Crippen molar-refractivity contribution in [1.29, 1.82) is 5.26 Å². The van der Waals surface area contributed by atoms with E-state index in [1.54, 1.807) is 15.6 Å². The molecular formula is C12H16N4O2. The largest absolute Gasteiger partial charge is 0.381 e. The van der Waals surface area contributed by atoms with E-state index in [9.17, 15) is 4.79 Å². The number of hydrogen-bond acceptors (Lipinski definition) is 4. The van der Waals surface area contributed by atoms with Crippen LogP contribution >= 0.6 is 0 Å². The highest BCUT2D eigenvalue weighted by Crippen LogP contribution is 2.14. The highest BCUT2D eigenvalue weighted by molar-refractivity contribution is 5.76. The van der Waals surface area contributed by atoms with Crippen LogP contribution in [0.15, 0.2) is 6.07 Å². The minimum Gasteiger partial charge on any atom is -0.381 e. The Morgan fingerprint density at radius 2 is 2.44 bits per heavy atom. The summed E-state index contributed by atoms with van der Waals surface area (Å²) in [5, 5.41) is 12.9. The summed E-state index contributed by atoms with van der Waals surface area (Å²) in [5.74, 6) is 0.0920. The van der Waals surface area contributed by atoms with Crippen LogP contribution in [0, 0.1) is 11.3 Å². The zero-order chi connectivity index (χ0) is 13.0. The number of fused-ring (bicyclic) bond motifs is 1. The van der Waals surface area contributed by atoms with E-state index < -0.39 is 0 Å². The smallest absolute Gasteiger partial charge is 0.225 e. The lowest BCUT2D eigenvalue weighted by Crippen LogP contribution is -2.38. The van der Waals surface area contributed by atoms with Gasteiger partial charge in [0.15, 0.2) is 5.69 Å². The third-order valence-corrected chi connectivity index (χ3v) is 2.93. The molecule has 2 heterocycles. The average Bonchev–Trinajstić information content (AvgIpc) is 2.80. The molecule has 96 valence electrons. The summed E-state index contributed by atoms with van der Waals surface area (Å²) in [6.07, 6.45) is 0.410. The van der Waals surface area contributed by atoms with Gasteiger partial charge in [0.05, 0.1) is 31.8 Å². The van der Waals surface area contributed by atoms with E-state index >= 15 is 0 Å². The number of carbonyl (C=O) groups is 1. The molecule has 1 aliphatic heterocycles. The molecule has 0 radical (unpaired) electrons. The number of aromatic nitrogens is 2. The first-order valence-electron chi connectivity index (χ1n) is 6.07. The highest BCUT2D eigenvalue weighted by atomic mass is 16.5. The van der Waals surface area contributed by atoms with Crippen LogP contribution in [0.5, 0.6) is 0 Å². The molecule has 0 saturated heterocycles. The van der Waals surface area contributed by atoms with E-state index in [-0.39, 0.29) is 5.91 Å². The molecule has 1 aromatic rings. The first-order valence-corrected chi connectivity index (χ1v) is 6.07. The van der Waals surface area contributed by atoms with E-state index in [1.165, 1.54) is 0 Å². The Morgan fingerprint density at radius 3 is 3.17 bits per heavy atom. The molecule has 0 saturated carbocycles. The summed E-state index contributed by atoms with van der Waals surface area (Å²) in [4.78, 5) is 13.7. The lowest BCUT2D eigenvalue weighted by molar-refractivity contribution is -0.133. The van der Waals surface area contributed by atoms with E-state index in [0.717, 1.165) is 5.69 Å². The van der Waals surface area contributed by atoms with Crippen LogP contribution in [0.3, 0.4) is 0 Å². The second-order valence-electron chi connectivity index (χ2n) is 4.12. The van der Waals surface area contributed by atoms with Crippen LogP contribution in [-0.2, 0) is 22.6 Å². The Labute approximate surface area is 106 Å². The predicted molar refractivity (Wildman–Crippen MR) is 63.5 cm³/mol.